The molecule has 0 aliphatic heterocycles. The molecule has 0 heterocycles. The molecule has 0 atom stereocenters. The van der Waals surface area contributed by atoms with E-state index in [9.17, 15) is 10.5 Å². The van der Waals surface area contributed by atoms with Crippen LogP contribution in [0.4, 0.5) is 8.78 Å². The van der Waals surface area contributed by atoms with Gasteiger partial charge in [-0.1, -0.05) is 129 Å². The molecule has 0 amide bonds. The van der Waals surface area contributed by atoms with Crippen molar-refractivity contribution >= 4 is 23.5 Å². The van der Waals surface area contributed by atoms with Crippen molar-refractivity contribution in [1.29, 1.82) is 10.5 Å². The van der Waals surface area contributed by atoms with E-state index in [1.54, 1.807) is 12.1 Å². The molecule has 0 bridgehead atoms. The van der Waals surface area contributed by atoms with Crippen LogP contribution >= 0.6 is 23.5 Å². The van der Waals surface area contributed by atoms with E-state index < -0.39 is 22.8 Å². The molecule has 2 nitrogen and oxygen atoms in total. The summed E-state index contributed by atoms with van der Waals surface area (Å²) in [6.07, 6.45) is 24.5. The number of nitrogens with zero attached hydrogens (tertiary/aromatic N) is 2. The Bertz CT molecular complexity index is 777. The zero-order valence-corrected chi connectivity index (χ0v) is 25.7. The second-order valence-electron chi connectivity index (χ2n) is 10.3. The van der Waals surface area contributed by atoms with Crippen molar-refractivity contribution in [3.05, 3.63) is 22.8 Å². The summed E-state index contributed by atoms with van der Waals surface area (Å²) in [4.78, 5) is 0.428. The quantitative estimate of drug-likeness (QED) is 0.0925. The monoisotopic (exact) mass is 564 g/mol. The molecule has 0 N–H and O–H groups in total. The number of hydrogen-bond acceptors (Lipinski definition) is 4. The number of rotatable bonds is 24. The summed E-state index contributed by atoms with van der Waals surface area (Å²) in [7, 11) is 0. The van der Waals surface area contributed by atoms with E-state index in [0.717, 1.165) is 25.7 Å². The van der Waals surface area contributed by atoms with Crippen molar-refractivity contribution in [3.8, 4) is 12.1 Å². The van der Waals surface area contributed by atoms with Gasteiger partial charge in [-0.3, -0.25) is 0 Å². The molecule has 0 aliphatic rings. The van der Waals surface area contributed by atoms with Crippen LogP contribution in [0.2, 0.25) is 0 Å². The van der Waals surface area contributed by atoms with Gasteiger partial charge < -0.3 is 0 Å². The van der Waals surface area contributed by atoms with E-state index in [1.165, 1.54) is 126 Å². The van der Waals surface area contributed by atoms with Crippen LogP contribution in [0.5, 0.6) is 0 Å². The van der Waals surface area contributed by atoms with E-state index in [1.807, 2.05) is 0 Å². The number of thioether (sulfide) groups is 2. The molecule has 214 valence electrons. The number of benzene rings is 1. The first-order valence-corrected chi connectivity index (χ1v) is 17.2. The van der Waals surface area contributed by atoms with Gasteiger partial charge in [-0.2, -0.15) is 10.5 Å². The maximum atomic E-state index is 15.2. The molecular formula is C32H50F2N2S2. The van der Waals surface area contributed by atoms with Crippen LogP contribution in [-0.4, -0.2) is 11.5 Å². The fourth-order valence-corrected chi connectivity index (χ4v) is 7.00. The first kappa shape index (κ1) is 34.8. The smallest absolute Gasteiger partial charge is 0.157 e. The Morgan fingerprint density at radius 3 is 1.00 bits per heavy atom. The molecule has 1 aromatic rings. The molecule has 0 unspecified atom stereocenters. The lowest BCUT2D eigenvalue weighted by atomic mass is 10.1. The highest BCUT2D eigenvalue weighted by Crippen LogP contribution is 2.39. The number of nitriles is 2. The van der Waals surface area contributed by atoms with Gasteiger partial charge in [0.25, 0.3) is 0 Å². The first-order chi connectivity index (χ1) is 18.6. The van der Waals surface area contributed by atoms with Gasteiger partial charge in [0.2, 0.25) is 0 Å². The molecule has 0 saturated carbocycles. The van der Waals surface area contributed by atoms with Crippen LogP contribution in [-0.2, 0) is 0 Å². The van der Waals surface area contributed by atoms with E-state index in [0.29, 0.717) is 11.5 Å². The zero-order chi connectivity index (χ0) is 27.8. The van der Waals surface area contributed by atoms with Crippen LogP contribution in [0.1, 0.15) is 153 Å². The fraction of sp³-hybridized carbons (Fsp3) is 0.750. The zero-order valence-electron chi connectivity index (χ0n) is 24.0. The molecule has 38 heavy (non-hydrogen) atoms. The van der Waals surface area contributed by atoms with E-state index >= 15 is 8.78 Å². The third kappa shape index (κ3) is 14.2. The SMILES string of the molecule is CCCCCCCCCCCCSc1c(F)c(C#N)c(C#N)c(F)c1SCCCCCCCCCCCC. The second-order valence-corrected chi connectivity index (χ2v) is 12.5. The maximum absolute atomic E-state index is 15.2. The lowest BCUT2D eigenvalue weighted by Crippen LogP contribution is -2.02. The summed E-state index contributed by atoms with van der Waals surface area (Å²) < 4.78 is 30.4. The van der Waals surface area contributed by atoms with Crippen LogP contribution in [0.3, 0.4) is 0 Å². The highest BCUT2D eigenvalue weighted by molar-refractivity contribution is 8.02. The van der Waals surface area contributed by atoms with Crippen molar-refractivity contribution in [2.45, 2.75) is 152 Å². The van der Waals surface area contributed by atoms with E-state index in [2.05, 4.69) is 13.8 Å². The van der Waals surface area contributed by atoms with Gasteiger partial charge in [0.05, 0.1) is 9.79 Å². The minimum Gasteiger partial charge on any atom is -0.204 e. The van der Waals surface area contributed by atoms with Gasteiger partial charge in [-0.05, 0) is 24.3 Å². The maximum Gasteiger partial charge on any atom is 0.157 e. The molecule has 0 fully saturated rings. The molecule has 0 spiro atoms. The van der Waals surface area contributed by atoms with Gasteiger partial charge in [0, 0.05) is 0 Å². The second kappa shape index (κ2) is 23.6. The number of halogens is 2. The van der Waals surface area contributed by atoms with Crippen molar-refractivity contribution < 1.29 is 8.78 Å². The van der Waals surface area contributed by atoms with E-state index in [4.69, 9.17) is 0 Å². The first-order valence-electron chi connectivity index (χ1n) is 15.2. The molecule has 0 radical (unpaired) electrons. The molecule has 1 rings (SSSR count). The van der Waals surface area contributed by atoms with Gasteiger partial charge in [0.15, 0.2) is 11.6 Å². The molecule has 0 aromatic heterocycles. The third-order valence-electron chi connectivity index (χ3n) is 7.01. The Balaban J connectivity index is 2.50. The third-order valence-corrected chi connectivity index (χ3v) is 9.46. The Morgan fingerprint density at radius 1 is 0.474 bits per heavy atom. The summed E-state index contributed by atoms with van der Waals surface area (Å²) in [5.41, 5.74) is -0.919. The number of hydrogen-bond donors (Lipinski definition) is 0. The minimum atomic E-state index is -0.729. The van der Waals surface area contributed by atoms with Gasteiger partial charge in [0.1, 0.15) is 23.3 Å². The Morgan fingerprint density at radius 2 is 0.737 bits per heavy atom. The van der Waals surface area contributed by atoms with Crippen molar-refractivity contribution in [1.82, 2.24) is 0 Å². The van der Waals surface area contributed by atoms with E-state index in [-0.39, 0.29) is 9.79 Å². The lowest BCUT2D eigenvalue weighted by Gasteiger charge is -2.14. The molecule has 6 heteroatoms. The van der Waals surface area contributed by atoms with Gasteiger partial charge in [-0.15, -0.1) is 23.5 Å². The average Bonchev–Trinajstić information content (AvgIpc) is 2.92. The van der Waals surface area contributed by atoms with Gasteiger partial charge >= 0.3 is 0 Å². The average molecular weight is 565 g/mol. The largest absolute Gasteiger partial charge is 0.204 e. The predicted molar refractivity (Wildman–Crippen MR) is 161 cm³/mol. The molecule has 0 saturated heterocycles. The minimum absolute atomic E-state index is 0.214. The predicted octanol–water partition coefficient (Wildman–Crippen LogP) is 11.7. The molecule has 1 aromatic carbocycles. The van der Waals surface area contributed by atoms with Crippen LogP contribution in [0, 0.1) is 34.3 Å². The van der Waals surface area contributed by atoms with Crippen LogP contribution in [0.25, 0.3) is 0 Å². The van der Waals surface area contributed by atoms with Gasteiger partial charge in [-0.25, -0.2) is 8.78 Å². The Labute approximate surface area is 240 Å². The standard InChI is InChI=1S/C32H50F2N2S2/c1-3-5-7-9-11-13-15-17-19-21-23-37-31-29(33)27(25-35)28(26-36)30(34)32(31)38-24-22-20-18-16-14-12-10-8-6-4-2/h3-24H2,1-2H3. The molecular weight excluding hydrogens is 514 g/mol. The van der Waals surface area contributed by atoms with Crippen molar-refractivity contribution in [2.75, 3.05) is 11.5 Å². The highest BCUT2D eigenvalue weighted by atomic mass is 32.2. The summed E-state index contributed by atoms with van der Waals surface area (Å²) in [5, 5.41) is 18.8. The molecule has 0 aliphatic carbocycles. The number of unbranched alkanes of at least 4 members (excludes halogenated alkanes) is 18. The topological polar surface area (TPSA) is 47.6 Å². The van der Waals surface area contributed by atoms with Crippen LogP contribution < -0.4 is 0 Å². The van der Waals surface area contributed by atoms with Crippen molar-refractivity contribution in [2.24, 2.45) is 0 Å². The summed E-state index contributed by atoms with van der Waals surface area (Å²) in [6, 6.07) is 3.44. The lowest BCUT2D eigenvalue weighted by molar-refractivity contribution is 0.543. The Kier molecular flexibility index (Phi) is 21.6. The fourth-order valence-electron chi connectivity index (χ4n) is 4.64. The van der Waals surface area contributed by atoms with Crippen LogP contribution in [0.15, 0.2) is 9.79 Å². The highest BCUT2D eigenvalue weighted by Gasteiger charge is 2.25. The summed E-state index contributed by atoms with van der Waals surface area (Å²) >= 11 is 2.60. The normalized spacial score (nSPS) is 11.0. The summed E-state index contributed by atoms with van der Waals surface area (Å²) in [5.74, 6) is -0.0774. The summed E-state index contributed by atoms with van der Waals surface area (Å²) in [6.45, 7) is 4.47. The Hall–Kier alpha value is -1.24. The van der Waals surface area contributed by atoms with Crippen molar-refractivity contribution in [3.63, 3.8) is 0 Å².